The largest absolute Gasteiger partial charge is 0.388 e. The van der Waals surface area contributed by atoms with Gasteiger partial charge >= 0.3 is 0 Å². The summed E-state index contributed by atoms with van der Waals surface area (Å²) in [4.78, 5) is 24.2. The molecule has 33 heavy (non-hydrogen) atoms. The summed E-state index contributed by atoms with van der Waals surface area (Å²) in [7, 11) is 0. The lowest BCUT2D eigenvalue weighted by atomic mass is 9.97. The Morgan fingerprint density at radius 3 is 2.36 bits per heavy atom. The Morgan fingerprint density at radius 1 is 1.12 bits per heavy atom. The molecular formula is C26H29N3O4. The number of carbonyl (C=O) groups is 2. The van der Waals surface area contributed by atoms with Crippen LogP contribution in [0.2, 0.25) is 0 Å². The van der Waals surface area contributed by atoms with Gasteiger partial charge in [0, 0.05) is 23.7 Å². The highest BCUT2D eigenvalue weighted by molar-refractivity contribution is 5.97. The highest BCUT2D eigenvalue weighted by atomic mass is 16.5. The molecule has 1 saturated carbocycles. The molecule has 0 heterocycles. The van der Waals surface area contributed by atoms with Crippen molar-refractivity contribution in [2.75, 3.05) is 0 Å². The van der Waals surface area contributed by atoms with Crippen LogP contribution in [0.25, 0.3) is 6.08 Å². The summed E-state index contributed by atoms with van der Waals surface area (Å²) >= 11 is 0. The van der Waals surface area contributed by atoms with Gasteiger partial charge in [-0.05, 0) is 74.2 Å². The monoisotopic (exact) mass is 447 g/mol. The number of carbonyl (C=O) groups excluding carboxylic acids is 2. The molecule has 0 unspecified atom stereocenters. The van der Waals surface area contributed by atoms with E-state index in [1.165, 1.54) is 37.7 Å². The number of aliphatic hydroxyl groups is 1. The number of benzene rings is 2. The fourth-order valence-corrected chi connectivity index (χ4v) is 3.11. The Kier molecular flexibility index (Phi) is 8.01. The molecule has 7 nitrogen and oxygen atoms in total. The summed E-state index contributed by atoms with van der Waals surface area (Å²) in [6.45, 7) is 3.62. The average molecular weight is 448 g/mol. The van der Waals surface area contributed by atoms with Gasteiger partial charge in [0.15, 0.2) is 0 Å². The quantitative estimate of drug-likeness (QED) is 0.242. The van der Waals surface area contributed by atoms with Crippen LogP contribution in [0.5, 0.6) is 0 Å². The predicted molar refractivity (Wildman–Crippen MR) is 126 cm³/mol. The highest BCUT2D eigenvalue weighted by Gasteiger charge is 2.34. The van der Waals surface area contributed by atoms with Crippen LogP contribution in [0.3, 0.4) is 0 Å². The van der Waals surface area contributed by atoms with E-state index in [9.17, 15) is 14.7 Å². The first-order chi connectivity index (χ1) is 15.8. The normalized spacial score (nSPS) is 14.3. The average Bonchev–Trinajstić information content (AvgIpc) is 3.63. The van der Waals surface area contributed by atoms with Gasteiger partial charge in [0.2, 0.25) is 0 Å². The summed E-state index contributed by atoms with van der Waals surface area (Å²) in [6, 6.07) is 14.3. The SMILES string of the molecule is CC(C)(O)[C@H](NC(=O)c1ccc(C=CC#Cc2ccc(CNC3CC3)cc2)cc1)C(=O)NO. The third-order valence-corrected chi connectivity index (χ3v) is 5.23. The molecule has 2 amide bonds. The van der Waals surface area contributed by atoms with E-state index in [0.29, 0.717) is 11.6 Å². The molecule has 0 aliphatic heterocycles. The molecule has 0 bridgehead atoms. The van der Waals surface area contributed by atoms with Gasteiger partial charge in [0.05, 0.1) is 5.60 Å². The Bertz CT molecular complexity index is 1050. The van der Waals surface area contributed by atoms with Crippen molar-refractivity contribution < 1.29 is 19.9 Å². The first-order valence-corrected chi connectivity index (χ1v) is 10.8. The molecule has 7 heteroatoms. The lowest BCUT2D eigenvalue weighted by molar-refractivity contribution is -0.136. The maximum absolute atomic E-state index is 12.4. The van der Waals surface area contributed by atoms with Gasteiger partial charge in [-0.2, -0.15) is 0 Å². The van der Waals surface area contributed by atoms with E-state index >= 15 is 0 Å². The third-order valence-electron chi connectivity index (χ3n) is 5.23. The molecular weight excluding hydrogens is 418 g/mol. The second-order valence-corrected chi connectivity index (χ2v) is 8.61. The maximum atomic E-state index is 12.4. The van der Waals surface area contributed by atoms with Gasteiger partial charge in [-0.3, -0.25) is 14.8 Å². The molecule has 0 radical (unpaired) electrons. The van der Waals surface area contributed by atoms with Crippen molar-refractivity contribution in [1.82, 2.24) is 16.1 Å². The van der Waals surface area contributed by atoms with Crippen LogP contribution in [0.1, 0.15) is 53.7 Å². The molecule has 0 saturated heterocycles. The summed E-state index contributed by atoms with van der Waals surface area (Å²) in [6.07, 6.45) is 6.13. The number of nitrogens with one attached hydrogen (secondary N) is 3. The van der Waals surface area contributed by atoms with Crippen molar-refractivity contribution in [3.63, 3.8) is 0 Å². The Morgan fingerprint density at radius 2 is 1.79 bits per heavy atom. The molecule has 1 aliphatic carbocycles. The number of rotatable bonds is 8. The first-order valence-electron chi connectivity index (χ1n) is 10.8. The van der Waals surface area contributed by atoms with Gasteiger partial charge in [0.25, 0.3) is 11.8 Å². The van der Waals surface area contributed by atoms with Crippen molar-refractivity contribution in [3.05, 3.63) is 76.9 Å². The van der Waals surface area contributed by atoms with Crippen molar-refractivity contribution in [3.8, 4) is 11.8 Å². The fourth-order valence-electron chi connectivity index (χ4n) is 3.11. The second-order valence-electron chi connectivity index (χ2n) is 8.61. The molecule has 172 valence electrons. The van der Waals surface area contributed by atoms with Crippen LogP contribution in [-0.2, 0) is 11.3 Å². The molecule has 0 spiro atoms. The van der Waals surface area contributed by atoms with E-state index in [4.69, 9.17) is 5.21 Å². The molecule has 3 rings (SSSR count). The number of hydrogen-bond acceptors (Lipinski definition) is 5. The van der Waals surface area contributed by atoms with Crippen molar-refractivity contribution in [2.24, 2.45) is 0 Å². The number of allylic oxidation sites excluding steroid dienone is 1. The highest BCUT2D eigenvalue weighted by Crippen LogP contribution is 2.19. The van der Waals surface area contributed by atoms with Gasteiger partial charge in [-0.15, -0.1) is 0 Å². The van der Waals surface area contributed by atoms with E-state index in [-0.39, 0.29) is 0 Å². The Balaban J connectivity index is 1.54. The molecule has 2 aromatic rings. The predicted octanol–water partition coefficient (Wildman–Crippen LogP) is 2.38. The Hall–Kier alpha value is -3.44. The van der Waals surface area contributed by atoms with E-state index in [0.717, 1.165) is 17.7 Å². The maximum Gasteiger partial charge on any atom is 0.268 e. The van der Waals surface area contributed by atoms with Crippen molar-refractivity contribution in [2.45, 2.75) is 50.9 Å². The van der Waals surface area contributed by atoms with Crippen LogP contribution in [0, 0.1) is 11.8 Å². The number of hydrogen-bond donors (Lipinski definition) is 5. The zero-order valence-electron chi connectivity index (χ0n) is 18.8. The number of hydroxylamine groups is 1. The number of amides is 2. The van der Waals surface area contributed by atoms with Crippen LogP contribution >= 0.6 is 0 Å². The van der Waals surface area contributed by atoms with Gasteiger partial charge < -0.3 is 15.7 Å². The van der Waals surface area contributed by atoms with Crippen LogP contribution in [0.15, 0.2) is 54.6 Å². The minimum absolute atomic E-state index is 0.314. The van der Waals surface area contributed by atoms with Crippen LogP contribution in [-0.4, -0.2) is 39.8 Å². The van der Waals surface area contributed by atoms with E-state index in [1.54, 1.807) is 30.3 Å². The molecule has 1 atom stereocenters. The lowest BCUT2D eigenvalue weighted by Crippen LogP contribution is -2.57. The van der Waals surface area contributed by atoms with Gasteiger partial charge in [-0.25, -0.2) is 5.48 Å². The van der Waals surface area contributed by atoms with Crippen LogP contribution in [0.4, 0.5) is 0 Å². The molecule has 5 N–H and O–H groups in total. The summed E-state index contributed by atoms with van der Waals surface area (Å²) in [5, 5.41) is 24.8. The minimum atomic E-state index is -1.56. The van der Waals surface area contributed by atoms with E-state index in [2.05, 4.69) is 34.6 Å². The van der Waals surface area contributed by atoms with Crippen molar-refractivity contribution >= 4 is 17.9 Å². The fraction of sp³-hybridized carbons (Fsp3) is 0.308. The summed E-state index contributed by atoms with van der Waals surface area (Å²) in [5.74, 6) is 4.66. The van der Waals surface area contributed by atoms with Crippen LogP contribution < -0.4 is 16.1 Å². The minimum Gasteiger partial charge on any atom is -0.388 e. The van der Waals surface area contributed by atoms with Crippen molar-refractivity contribution in [1.29, 1.82) is 0 Å². The molecule has 1 fully saturated rings. The van der Waals surface area contributed by atoms with E-state index < -0.39 is 23.5 Å². The Labute approximate surface area is 193 Å². The molecule has 2 aromatic carbocycles. The zero-order chi connectivity index (χ0) is 23.8. The lowest BCUT2D eigenvalue weighted by Gasteiger charge is -2.28. The van der Waals surface area contributed by atoms with Gasteiger partial charge in [0.1, 0.15) is 6.04 Å². The first kappa shape index (κ1) is 24.2. The topological polar surface area (TPSA) is 111 Å². The zero-order valence-corrected chi connectivity index (χ0v) is 18.8. The van der Waals surface area contributed by atoms with Gasteiger partial charge in [-0.1, -0.05) is 36.1 Å². The standard InChI is InChI=1S/C26H29N3O4/c1-26(2,32)23(25(31)29-33)28-24(30)21-13-11-19(12-14-21)6-4-3-5-18-7-9-20(10-8-18)17-27-22-15-16-22/h4,6-14,22-23,27,32-33H,15-17H2,1-2H3,(H,28,30)(H,29,31)/t23-/m1/s1. The molecule has 1 aliphatic rings. The van der Waals surface area contributed by atoms with E-state index in [1.807, 2.05) is 18.2 Å². The second kappa shape index (κ2) is 10.9. The molecule has 0 aromatic heterocycles. The third kappa shape index (κ3) is 7.58. The summed E-state index contributed by atoms with van der Waals surface area (Å²) in [5.41, 5.74) is 3.25. The summed E-state index contributed by atoms with van der Waals surface area (Å²) < 4.78 is 0. The smallest absolute Gasteiger partial charge is 0.268 e.